The average Bonchev–Trinajstić information content (AvgIpc) is 2.56. The maximum atomic E-state index is 12.4. The molecular formula is C16H21F2N3O3. The van der Waals surface area contributed by atoms with E-state index in [2.05, 4.69) is 20.7 Å². The van der Waals surface area contributed by atoms with Gasteiger partial charge in [0.05, 0.1) is 5.69 Å². The first-order chi connectivity index (χ1) is 11.5. The maximum Gasteiger partial charge on any atom is 0.387 e. The van der Waals surface area contributed by atoms with Gasteiger partial charge in [-0.25, -0.2) is 4.79 Å². The number of hydrogen-bond acceptors (Lipinski definition) is 3. The summed E-state index contributed by atoms with van der Waals surface area (Å²) in [5.74, 6) is -0.0850. The van der Waals surface area contributed by atoms with Crippen molar-refractivity contribution in [1.82, 2.24) is 10.6 Å². The van der Waals surface area contributed by atoms with E-state index in [4.69, 9.17) is 0 Å². The Hall–Kier alpha value is -2.38. The highest BCUT2D eigenvalue weighted by atomic mass is 19.3. The minimum absolute atomic E-state index is 0.0173. The average molecular weight is 341 g/mol. The number of anilines is 1. The van der Waals surface area contributed by atoms with Gasteiger partial charge < -0.3 is 20.7 Å². The van der Waals surface area contributed by atoms with E-state index in [-0.39, 0.29) is 29.3 Å². The van der Waals surface area contributed by atoms with E-state index in [1.807, 2.05) is 0 Å². The molecule has 0 bridgehead atoms. The van der Waals surface area contributed by atoms with Crippen LogP contribution in [0.25, 0.3) is 0 Å². The third-order valence-electron chi connectivity index (χ3n) is 4.03. The van der Waals surface area contributed by atoms with E-state index in [0.717, 1.165) is 0 Å². The maximum absolute atomic E-state index is 12.4. The number of ether oxygens (including phenoxy) is 1. The molecule has 0 atom stereocenters. The summed E-state index contributed by atoms with van der Waals surface area (Å²) in [7, 11) is 1.61. The van der Waals surface area contributed by atoms with E-state index in [1.54, 1.807) is 19.2 Å². The summed E-state index contributed by atoms with van der Waals surface area (Å²) >= 11 is 0. The number of carbonyl (C=O) groups excluding carboxylic acids is 2. The number of carbonyl (C=O) groups is 2. The Morgan fingerprint density at radius 3 is 2.46 bits per heavy atom. The van der Waals surface area contributed by atoms with Crippen molar-refractivity contribution in [2.24, 2.45) is 5.92 Å². The quantitative estimate of drug-likeness (QED) is 0.770. The lowest BCUT2D eigenvalue weighted by molar-refractivity contribution is -0.125. The summed E-state index contributed by atoms with van der Waals surface area (Å²) in [5, 5.41) is 7.95. The molecule has 1 aliphatic carbocycles. The number of alkyl halides is 2. The molecule has 0 aromatic heterocycles. The lowest BCUT2D eigenvalue weighted by Crippen LogP contribution is -2.42. The van der Waals surface area contributed by atoms with E-state index in [1.165, 1.54) is 12.1 Å². The zero-order valence-electron chi connectivity index (χ0n) is 13.4. The van der Waals surface area contributed by atoms with Gasteiger partial charge in [0.1, 0.15) is 5.75 Å². The van der Waals surface area contributed by atoms with Crippen molar-refractivity contribution < 1.29 is 23.1 Å². The SMILES string of the molecule is CNC(=O)C1CCC(NC(=O)Nc2ccccc2OC(F)F)CC1. The molecule has 1 aromatic rings. The Labute approximate surface area is 138 Å². The van der Waals surface area contributed by atoms with Crippen molar-refractivity contribution in [3.05, 3.63) is 24.3 Å². The van der Waals surface area contributed by atoms with Gasteiger partial charge in [0.25, 0.3) is 0 Å². The number of hydrogen-bond donors (Lipinski definition) is 3. The molecule has 8 heteroatoms. The number of para-hydroxylation sites is 2. The summed E-state index contributed by atoms with van der Waals surface area (Å²) in [4.78, 5) is 23.6. The van der Waals surface area contributed by atoms with Crippen LogP contribution in [0, 0.1) is 5.92 Å². The van der Waals surface area contributed by atoms with Gasteiger partial charge in [-0.05, 0) is 37.8 Å². The van der Waals surface area contributed by atoms with E-state index >= 15 is 0 Å². The molecule has 132 valence electrons. The summed E-state index contributed by atoms with van der Waals surface area (Å²) < 4.78 is 29.1. The zero-order valence-corrected chi connectivity index (χ0v) is 13.4. The van der Waals surface area contributed by atoms with Gasteiger partial charge in [0.2, 0.25) is 5.91 Å². The van der Waals surface area contributed by atoms with Gasteiger partial charge >= 0.3 is 12.6 Å². The Morgan fingerprint density at radius 1 is 1.17 bits per heavy atom. The van der Waals surface area contributed by atoms with E-state index in [0.29, 0.717) is 25.7 Å². The number of amides is 3. The molecule has 0 unspecified atom stereocenters. The fourth-order valence-corrected chi connectivity index (χ4v) is 2.82. The second-order valence-corrected chi connectivity index (χ2v) is 5.64. The van der Waals surface area contributed by atoms with Gasteiger partial charge in [-0.3, -0.25) is 4.79 Å². The van der Waals surface area contributed by atoms with Crippen molar-refractivity contribution in [2.45, 2.75) is 38.3 Å². The molecule has 0 spiro atoms. The molecule has 0 aliphatic heterocycles. The monoisotopic (exact) mass is 341 g/mol. The Kier molecular flexibility index (Phi) is 6.34. The molecule has 2 rings (SSSR count). The Morgan fingerprint density at radius 2 is 1.83 bits per heavy atom. The minimum atomic E-state index is -2.96. The number of halogens is 2. The van der Waals surface area contributed by atoms with E-state index < -0.39 is 12.6 Å². The first-order valence-electron chi connectivity index (χ1n) is 7.82. The molecular weight excluding hydrogens is 320 g/mol. The van der Waals surface area contributed by atoms with Crippen LogP contribution in [0.3, 0.4) is 0 Å². The topological polar surface area (TPSA) is 79.5 Å². The lowest BCUT2D eigenvalue weighted by Gasteiger charge is -2.28. The van der Waals surface area contributed by atoms with Crippen LogP contribution < -0.4 is 20.7 Å². The van der Waals surface area contributed by atoms with Crippen LogP contribution in [0.1, 0.15) is 25.7 Å². The van der Waals surface area contributed by atoms with Gasteiger partial charge in [0, 0.05) is 19.0 Å². The number of benzene rings is 1. The Bertz CT molecular complexity index is 575. The smallest absolute Gasteiger partial charge is 0.387 e. The van der Waals surface area contributed by atoms with Gasteiger partial charge in [0.15, 0.2) is 0 Å². The van der Waals surface area contributed by atoms with Gasteiger partial charge in [-0.15, -0.1) is 0 Å². The molecule has 0 saturated heterocycles. The molecule has 1 aliphatic rings. The predicted molar refractivity (Wildman–Crippen MR) is 85.0 cm³/mol. The van der Waals surface area contributed by atoms with Crippen molar-refractivity contribution in [2.75, 3.05) is 12.4 Å². The van der Waals surface area contributed by atoms with Crippen LogP contribution in [0.15, 0.2) is 24.3 Å². The summed E-state index contributed by atoms with van der Waals surface area (Å²) in [6.45, 7) is -2.96. The van der Waals surface area contributed by atoms with Crippen LogP contribution >= 0.6 is 0 Å². The molecule has 0 heterocycles. The van der Waals surface area contributed by atoms with Crippen molar-refractivity contribution in [3.63, 3.8) is 0 Å². The first kappa shape index (κ1) is 18.0. The van der Waals surface area contributed by atoms with Gasteiger partial charge in [-0.1, -0.05) is 12.1 Å². The molecule has 3 N–H and O–H groups in total. The third-order valence-corrected chi connectivity index (χ3v) is 4.03. The molecule has 0 radical (unpaired) electrons. The van der Waals surface area contributed by atoms with Crippen LogP contribution in [-0.4, -0.2) is 31.6 Å². The first-order valence-corrected chi connectivity index (χ1v) is 7.82. The summed E-state index contributed by atoms with van der Waals surface area (Å²) in [5.41, 5.74) is 0.175. The van der Waals surface area contributed by atoms with Crippen molar-refractivity contribution in [1.29, 1.82) is 0 Å². The standard InChI is InChI=1S/C16H21F2N3O3/c1-19-14(22)10-6-8-11(9-7-10)20-16(23)21-12-4-2-3-5-13(12)24-15(17)18/h2-5,10-11,15H,6-9H2,1H3,(H,19,22)(H2,20,21,23). The molecule has 1 aromatic carbocycles. The number of nitrogens with one attached hydrogen (secondary N) is 3. The number of urea groups is 1. The van der Waals surface area contributed by atoms with Crippen LogP contribution in [0.4, 0.5) is 19.3 Å². The summed E-state index contributed by atoms with van der Waals surface area (Å²) in [6, 6.07) is 5.47. The van der Waals surface area contributed by atoms with Crippen molar-refractivity contribution >= 4 is 17.6 Å². The van der Waals surface area contributed by atoms with Crippen LogP contribution in [0.5, 0.6) is 5.75 Å². The zero-order chi connectivity index (χ0) is 17.5. The fourth-order valence-electron chi connectivity index (χ4n) is 2.82. The number of rotatable bonds is 5. The third kappa shape index (κ3) is 5.07. The van der Waals surface area contributed by atoms with Gasteiger partial charge in [-0.2, -0.15) is 8.78 Å². The highest BCUT2D eigenvalue weighted by Crippen LogP contribution is 2.26. The van der Waals surface area contributed by atoms with Crippen molar-refractivity contribution in [3.8, 4) is 5.75 Å². The predicted octanol–water partition coefficient (Wildman–Crippen LogP) is 2.71. The lowest BCUT2D eigenvalue weighted by atomic mass is 9.85. The molecule has 3 amide bonds. The minimum Gasteiger partial charge on any atom is -0.433 e. The highest BCUT2D eigenvalue weighted by molar-refractivity contribution is 5.91. The Balaban J connectivity index is 1.85. The molecule has 1 saturated carbocycles. The second kappa shape index (κ2) is 8.47. The second-order valence-electron chi connectivity index (χ2n) is 5.64. The summed E-state index contributed by atoms with van der Waals surface area (Å²) in [6.07, 6.45) is 2.80. The normalized spacial score (nSPS) is 20.3. The molecule has 6 nitrogen and oxygen atoms in total. The highest BCUT2D eigenvalue weighted by Gasteiger charge is 2.26. The van der Waals surface area contributed by atoms with Crippen LogP contribution in [-0.2, 0) is 4.79 Å². The fraction of sp³-hybridized carbons (Fsp3) is 0.500. The molecule has 24 heavy (non-hydrogen) atoms. The largest absolute Gasteiger partial charge is 0.433 e. The van der Waals surface area contributed by atoms with Crippen LogP contribution in [0.2, 0.25) is 0 Å². The molecule has 1 fully saturated rings. The van der Waals surface area contributed by atoms with E-state index in [9.17, 15) is 18.4 Å².